The molecule has 2 aromatic rings. The third-order valence-electron chi connectivity index (χ3n) is 2.10. The number of nitrogens with zero attached hydrogens (tertiary/aromatic N) is 5. The number of amides is 2. The van der Waals surface area contributed by atoms with Crippen molar-refractivity contribution in [3.63, 3.8) is 0 Å². The molecule has 2 heterocycles. The zero-order valence-corrected chi connectivity index (χ0v) is 10.2. The molecule has 0 atom stereocenters. The van der Waals surface area contributed by atoms with E-state index < -0.39 is 12.0 Å². The number of hydrogen-bond acceptors (Lipinski definition) is 6. The van der Waals surface area contributed by atoms with Crippen LogP contribution in [0.25, 0.3) is 0 Å². The van der Waals surface area contributed by atoms with Gasteiger partial charge in [-0.2, -0.15) is 0 Å². The predicted molar refractivity (Wildman–Crippen MR) is 65.5 cm³/mol. The highest BCUT2D eigenvalue weighted by Gasteiger charge is 2.07. The van der Waals surface area contributed by atoms with Gasteiger partial charge >= 0.3 is 12.0 Å². The van der Waals surface area contributed by atoms with Gasteiger partial charge in [0.2, 0.25) is 5.95 Å². The molecule has 104 valence electrons. The Morgan fingerprint density at radius 3 is 2.75 bits per heavy atom. The normalized spacial score (nSPS) is 10.0. The van der Waals surface area contributed by atoms with Gasteiger partial charge in [-0.3, -0.25) is 10.1 Å². The first-order valence-corrected chi connectivity index (χ1v) is 5.56. The van der Waals surface area contributed by atoms with E-state index in [0.717, 1.165) is 4.68 Å². The summed E-state index contributed by atoms with van der Waals surface area (Å²) in [6.07, 6.45) is 4.44. The molecule has 0 unspecified atom stereocenters. The highest BCUT2D eigenvalue weighted by atomic mass is 16.4. The van der Waals surface area contributed by atoms with Crippen molar-refractivity contribution in [2.45, 2.75) is 13.1 Å². The van der Waals surface area contributed by atoms with Gasteiger partial charge in [0.05, 0.1) is 12.7 Å². The Bertz CT molecular complexity index is 598. The van der Waals surface area contributed by atoms with Gasteiger partial charge in [0.15, 0.2) is 0 Å². The summed E-state index contributed by atoms with van der Waals surface area (Å²) in [5.74, 6) is -0.840. The molecular formula is C10H11N7O3. The fraction of sp³-hybridized carbons (Fsp3) is 0.200. The molecule has 3 N–H and O–H groups in total. The van der Waals surface area contributed by atoms with Crippen LogP contribution in [0.4, 0.5) is 10.7 Å². The van der Waals surface area contributed by atoms with Gasteiger partial charge in [0, 0.05) is 12.4 Å². The number of nitrogens with one attached hydrogen (secondary N) is 2. The van der Waals surface area contributed by atoms with Crippen LogP contribution >= 0.6 is 0 Å². The van der Waals surface area contributed by atoms with E-state index in [1.165, 1.54) is 18.6 Å². The number of carbonyl (C=O) groups excluding carboxylic acids is 1. The van der Waals surface area contributed by atoms with Gasteiger partial charge in [-0.05, 0) is 6.07 Å². The first kappa shape index (κ1) is 13.4. The fourth-order valence-corrected chi connectivity index (χ4v) is 1.32. The maximum Gasteiger partial charge on any atom is 0.325 e. The van der Waals surface area contributed by atoms with E-state index in [-0.39, 0.29) is 19.0 Å². The molecule has 0 bridgehead atoms. The Morgan fingerprint density at radius 2 is 2.05 bits per heavy atom. The van der Waals surface area contributed by atoms with Crippen LogP contribution in [-0.4, -0.2) is 42.1 Å². The van der Waals surface area contributed by atoms with Crippen molar-refractivity contribution in [1.82, 2.24) is 30.3 Å². The molecule has 0 radical (unpaired) electrons. The van der Waals surface area contributed by atoms with Crippen molar-refractivity contribution in [3.8, 4) is 0 Å². The van der Waals surface area contributed by atoms with Crippen LogP contribution in [0.5, 0.6) is 0 Å². The summed E-state index contributed by atoms with van der Waals surface area (Å²) in [6.45, 7) is -0.171. The summed E-state index contributed by atoms with van der Waals surface area (Å²) in [6, 6.07) is 1.13. The van der Waals surface area contributed by atoms with Crippen molar-refractivity contribution in [2.75, 3.05) is 5.32 Å². The number of carbonyl (C=O) groups is 2. The largest absolute Gasteiger partial charge is 0.480 e. The van der Waals surface area contributed by atoms with Crippen molar-refractivity contribution in [1.29, 1.82) is 0 Å². The minimum absolute atomic E-state index is 0.109. The zero-order chi connectivity index (χ0) is 14.4. The lowest BCUT2D eigenvalue weighted by atomic mass is 10.5. The van der Waals surface area contributed by atoms with Crippen LogP contribution in [-0.2, 0) is 17.9 Å². The third kappa shape index (κ3) is 4.01. The lowest BCUT2D eigenvalue weighted by Gasteiger charge is -2.03. The summed E-state index contributed by atoms with van der Waals surface area (Å²) in [5.41, 5.74) is 0.440. The van der Waals surface area contributed by atoms with Gasteiger partial charge in [-0.25, -0.2) is 19.4 Å². The summed E-state index contributed by atoms with van der Waals surface area (Å²) in [5, 5.41) is 20.9. The molecule has 2 aromatic heterocycles. The van der Waals surface area contributed by atoms with E-state index in [0.29, 0.717) is 5.69 Å². The molecule has 0 saturated heterocycles. The van der Waals surface area contributed by atoms with E-state index in [2.05, 4.69) is 30.9 Å². The predicted octanol–water partition coefficient (Wildman–Crippen LogP) is -0.526. The average molecular weight is 277 g/mol. The zero-order valence-electron chi connectivity index (χ0n) is 10.2. The number of carboxylic acid groups (broad SMARTS) is 1. The van der Waals surface area contributed by atoms with Crippen molar-refractivity contribution in [3.05, 3.63) is 30.4 Å². The van der Waals surface area contributed by atoms with Crippen molar-refractivity contribution < 1.29 is 14.7 Å². The molecule has 10 nitrogen and oxygen atoms in total. The molecule has 0 aliphatic heterocycles. The maximum atomic E-state index is 11.5. The van der Waals surface area contributed by atoms with Crippen LogP contribution in [0.3, 0.4) is 0 Å². The van der Waals surface area contributed by atoms with Gasteiger partial charge in [0.25, 0.3) is 0 Å². The Morgan fingerprint density at radius 1 is 1.30 bits per heavy atom. The minimum Gasteiger partial charge on any atom is -0.480 e. The Kier molecular flexibility index (Phi) is 4.17. The smallest absolute Gasteiger partial charge is 0.325 e. The Labute approximate surface area is 112 Å². The topological polar surface area (TPSA) is 135 Å². The first-order valence-electron chi connectivity index (χ1n) is 5.56. The molecule has 2 rings (SSSR count). The standard InChI is InChI=1S/C10H11N7O3/c18-8(19)6-17-5-7(15-16-17)4-13-10(20)14-9-11-2-1-3-12-9/h1-3,5H,4,6H2,(H,18,19)(H2,11,12,13,14,20). The van der Waals surface area contributed by atoms with E-state index in [9.17, 15) is 9.59 Å². The van der Waals surface area contributed by atoms with Crippen LogP contribution < -0.4 is 10.6 Å². The molecule has 0 spiro atoms. The number of carboxylic acids is 1. The van der Waals surface area contributed by atoms with Crippen LogP contribution in [0.2, 0.25) is 0 Å². The summed E-state index contributed by atoms with van der Waals surface area (Å²) < 4.78 is 1.16. The average Bonchev–Trinajstić information content (AvgIpc) is 2.84. The Hall–Kier alpha value is -3.04. The summed E-state index contributed by atoms with van der Waals surface area (Å²) >= 11 is 0. The summed E-state index contributed by atoms with van der Waals surface area (Å²) in [4.78, 5) is 29.6. The maximum absolute atomic E-state index is 11.5. The minimum atomic E-state index is -1.02. The lowest BCUT2D eigenvalue weighted by Crippen LogP contribution is -2.29. The third-order valence-corrected chi connectivity index (χ3v) is 2.10. The molecule has 0 aliphatic carbocycles. The first-order chi connectivity index (χ1) is 9.63. The van der Waals surface area contributed by atoms with Gasteiger partial charge in [0.1, 0.15) is 12.2 Å². The van der Waals surface area contributed by atoms with E-state index in [1.807, 2.05) is 0 Å². The highest BCUT2D eigenvalue weighted by molar-refractivity contribution is 5.87. The Balaban J connectivity index is 1.81. The molecular weight excluding hydrogens is 266 g/mol. The molecule has 10 heteroatoms. The second-order valence-electron chi connectivity index (χ2n) is 3.68. The molecule has 0 aromatic carbocycles. The molecule has 20 heavy (non-hydrogen) atoms. The van der Waals surface area contributed by atoms with Gasteiger partial charge in [-0.15, -0.1) is 5.10 Å². The number of aromatic nitrogens is 5. The number of anilines is 1. The second kappa shape index (κ2) is 6.22. The van der Waals surface area contributed by atoms with E-state index >= 15 is 0 Å². The SMILES string of the molecule is O=C(O)Cn1cc(CNC(=O)Nc2ncccn2)nn1. The number of rotatable bonds is 5. The van der Waals surface area contributed by atoms with Crippen LogP contribution in [0, 0.1) is 0 Å². The summed E-state index contributed by atoms with van der Waals surface area (Å²) in [7, 11) is 0. The molecule has 0 saturated carbocycles. The van der Waals surface area contributed by atoms with E-state index in [4.69, 9.17) is 5.11 Å². The van der Waals surface area contributed by atoms with Crippen molar-refractivity contribution in [2.24, 2.45) is 0 Å². The molecule has 2 amide bonds. The van der Waals surface area contributed by atoms with E-state index in [1.54, 1.807) is 6.07 Å². The highest BCUT2D eigenvalue weighted by Crippen LogP contribution is 1.95. The quantitative estimate of drug-likeness (QED) is 0.668. The molecule has 0 aliphatic rings. The van der Waals surface area contributed by atoms with Gasteiger partial charge < -0.3 is 10.4 Å². The monoisotopic (exact) mass is 277 g/mol. The second-order valence-corrected chi connectivity index (χ2v) is 3.68. The van der Waals surface area contributed by atoms with Gasteiger partial charge in [-0.1, -0.05) is 5.21 Å². The van der Waals surface area contributed by atoms with Crippen LogP contribution in [0.15, 0.2) is 24.7 Å². The number of urea groups is 1. The lowest BCUT2D eigenvalue weighted by molar-refractivity contribution is -0.137. The van der Waals surface area contributed by atoms with Crippen LogP contribution in [0.1, 0.15) is 5.69 Å². The van der Waals surface area contributed by atoms with Crippen molar-refractivity contribution >= 4 is 17.9 Å². The number of hydrogen-bond donors (Lipinski definition) is 3. The molecule has 0 fully saturated rings. The fourth-order valence-electron chi connectivity index (χ4n) is 1.32. The number of aliphatic carboxylic acids is 1.